The van der Waals surface area contributed by atoms with E-state index in [-0.39, 0.29) is 5.91 Å². The van der Waals surface area contributed by atoms with E-state index >= 15 is 0 Å². The van der Waals surface area contributed by atoms with Crippen molar-refractivity contribution in [2.24, 2.45) is 0 Å². The van der Waals surface area contributed by atoms with E-state index in [0.717, 1.165) is 37.2 Å². The molecule has 0 aliphatic carbocycles. The average Bonchev–Trinajstić information content (AvgIpc) is 3.17. The smallest absolute Gasteiger partial charge is 0.292 e. The molecule has 0 radical (unpaired) electrons. The summed E-state index contributed by atoms with van der Waals surface area (Å²) in [6.45, 7) is 3.45. The zero-order chi connectivity index (χ0) is 13.9. The zero-order valence-electron chi connectivity index (χ0n) is 11.5. The van der Waals surface area contributed by atoms with Crippen molar-refractivity contribution in [3.8, 4) is 0 Å². The van der Waals surface area contributed by atoms with Crippen LogP contribution in [-0.4, -0.2) is 39.3 Å². The third kappa shape index (κ3) is 2.45. The fourth-order valence-corrected chi connectivity index (χ4v) is 2.64. The molecule has 106 valence electrons. The fraction of sp³-hybridized carbons (Fsp3) is 0.500. The standard InChI is InChI=1S/C14H18N4O2/c1-2-11-8-13(20-17-11)14(19)18-7-3-4-10(9-18)12-5-6-15-16-12/h5-6,8,10H,2-4,7,9H2,1H3,(H,15,16)/t10-/m0/s1. The van der Waals surface area contributed by atoms with Gasteiger partial charge >= 0.3 is 0 Å². The molecule has 20 heavy (non-hydrogen) atoms. The Kier molecular flexibility index (Phi) is 3.54. The second-order valence-corrected chi connectivity index (χ2v) is 5.14. The van der Waals surface area contributed by atoms with Crippen LogP contribution in [0.2, 0.25) is 0 Å². The highest BCUT2D eigenvalue weighted by Gasteiger charge is 2.28. The van der Waals surface area contributed by atoms with Crippen LogP contribution in [0.5, 0.6) is 0 Å². The average molecular weight is 274 g/mol. The summed E-state index contributed by atoms with van der Waals surface area (Å²) in [6, 6.07) is 3.71. The molecule has 0 unspecified atom stereocenters. The normalized spacial score (nSPS) is 19.2. The van der Waals surface area contributed by atoms with Gasteiger partial charge in [0.25, 0.3) is 5.91 Å². The largest absolute Gasteiger partial charge is 0.351 e. The number of likely N-dealkylation sites (tertiary alicyclic amines) is 1. The van der Waals surface area contributed by atoms with Crippen molar-refractivity contribution in [2.75, 3.05) is 13.1 Å². The summed E-state index contributed by atoms with van der Waals surface area (Å²) in [4.78, 5) is 14.3. The first-order chi connectivity index (χ1) is 9.78. The summed E-state index contributed by atoms with van der Waals surface area (Å²) in [5.41, 5.74) is 1.91. The number of aromatic amines is 1. The summed E-state index contributed by atoms with van der Waals surface area (Å²) >= 11 is 0. The molecule has 2 aromatic rings. The fourth-order valence-electron chi connectivity index (χ4n) is 2.64. The predicted molar refractivity (Wildman–Crippen MR) is 72.3 cm³/mol. The Morgan fingerprint density at radius 2 is 2.50 bits per heavy atom. The van der Waals surface area contributed by atoms with Gasteiger partial charge in [0.15, 0.2) is 0 Å². The summed E-state index contributed by atoms with van der Waals surface area (Å²) in [5, 5.41) is 10.9. The van der Waals surface area contributed by atoms with Crippen LogP contribution < -0.4 is 0 Å². The van der Waals surface area contributed by atoms with Gasteiger partial charge in [-0.25, -0.2) is 0 Å². The van der Waals surface area contributed by atoms with Crippen molar-refractivity contribution in [3.05, 3.63) is 35.5 Å². The molecule has 1 N–H and O–H groups in total. The molecule has 0 saturated carbocycles. The molecular weight excluding hydrogens is 256 g/mol. The van der Waals surface area contributed by atoms with Gasteiger partial charge in [-0.05, 0) is 25.3 Å². The first kappa shape index (κ1) is 12.9. The number of amides is 1. The van der Waals surface area contributed by atoms with Gasteiger partial charge in [0.2, 0.25) is 5.76 Å². The lowest BCUT2D eigenvalue weighted by Gasteiger charge is -2.31. The maximum Gasteiger partial charge on any atom is 0.292 e. The number of aromatic nitrogens is 3. The van der Waals surface area contributed by atoms with Crippen LogP contribution in [0.15, 0.2) is 22.9 Å². The van der Waals surface area contributed by atoms with Gasteiger partial charge in [-0.3, -0.25) is 9.89 Å². The number of piperidine rings is 1. The Morgan fingerprint density at radius 3 is 3.20 bits per heavy atom. The lowest BCUT2D eigenvalue weighted by molar-refractivity contribution is 0.0663. The van der Waals surface area contributed by atoms with E-state index in [9.17, 15) is 4.79 Å². The predicted octanol–water partition coefficient (Wildman–Crippen LogP) is 1.98. The Labute approximate surface area is 117 Å². The van der Waals surface area contributed by atoms with Crippen molar-refractivity contribution in [2.45, 2.75) is 32.1 Å². The Morgan fingerprint density at radius 1 is 1.60 bits per heavy atom. The number of nitrogens with one attached hydrogen (secondary N) is 1. The minimum atomic E-state index is -0.0681. The molecular formula is C14H18N4O2. The first-order valence-electron chi connectivity index (χ1n) is 7.02. The molecule has 3 heterocycles. The topological polar surface area (TPSA) is 75.0 Å². The molecule has 0 aromatic carbocycles. The minimum absolute atomic E-state index is 0.0681. The van der Waals surface area contributed by atoms with Gasteiger partial charge in [0.05, 0.1) is 5.69 Å². The van der Waals surface area contributed by atoms with Crippen LogP contribution in [0, 0.1) is 0 Å². The SMILES string of the molecule is CCc1cc(C(=O)N2CCC[C@H](c3ccn[nH]3)C2)on1. The number of carbonyl (C=O) groups excluding carboxylic acids is 1. The number of aryl methyl sites for hydroxylation is 1. The van der Waals surface area contributed by atoms with Crippen LogP contribution >= 0.6 is 0 Å². The lowest BCUT2D eigenvalue weighted by atomic mass is 9.95. The molecule has 2 aromatic heterocycles. The number of H-pyrrole nitrogens is 1. The molecule has 1 saturated heterocycles. The Balaban J connectivity index is 1.71. The molecule has 6 nitrogen and oxygen atoms in total. The van der Waals surface area contributed by atoms with Gasteiger partial charge in [-0.15, -0.1) is 0 Å². The van der Waals surface area contributed by atoms with Crippen LogP contribution in [0.3, 0.4) is 0 Å². The molecule has 0 bridgehead atoms. The quantitative estimate of drug-likeness (QED) is 0.928. The molecule has 6 heteroatoms. The Bertz CT molecular complexity index is 576. The number of hydrogen-bond acceptors (Lipinski definition) is 4. The first-order valence-corrected chi connectivity index (χ1v) is 7.02. The summed E-state index contributed by atoms with van der Waals surface area (Å²) in [7, 11) is 0. The van der Waals surface area contributed by atoms with E-state index in [1.165, 1.54) is 0 Å². The molecule has 1 fully saturated rings. The van der Waals surface area contributed by atoms with Gasteiger partial charge in [-0.2, -0.15) is 5.10 Å². The minimum Gasteiger partial charge on any atom is -0.351 e. The number of rotatable bonds is 3. The summed E-state index contributed by atoms with van der Waals surface area (Å²) in [6.07, 6.45) is 4.58. The third-order valence-corrected chi connectivity index (χ3v) is 3.80. The second kappa shape index (κ2) is 5.48. The lowest BCUT2D eigenvalue weighted by Crippen LogP contribution is -2.39. The molecule has 1 aliphatic heterocycles. The maximum absolute atomic E-state index is 12.4. The third-order valence-electron chi connectivity index (χ3n) is 3.80. The number of hydrogen-bond donors (Lipinski definition) is 1. The highest BCUT2D eigenvalue weighted by Crippen LogP contribution is 2.26. The van der Waals surface area contributed by atoms with Crippen molar-refractivity contribution < 1.29 is 9.32 Å². The molecule has 1 atom stereocenters. The molecule has 1 amide bonds. The maximum atomic E-state index is 12.4. The van der Waals surface area contributed by atoms with Crippen molar-refractivity contribution >= 4 is 5.91 Å². The zero-order valence-corrected chi connectivity index (χ0v) is 11.5. The van der Waals surface area contributed by atoms with Crippen LogP contribution in [0.25, 0.3) is 0 Å². The molecule has 1 aliphatic rings. The van der Waals surface area contributed by atoms with Gasteiger partial charge in [-0.1, -0.05) is 12.1 Å². The van der Waals surface area contributed by atoms with Crippen LogP contribution in [0.4, 0.5) is 0 Å². The van der Waals surface area contributed by atoms with Crippen LogP contribution in [-0.2, 0) is 6.42 Å². The van der Waals surface area contributed by atoms with Gasteiger partial charge in [0.1, 0.15) is 0 Å². The van der Waals surface area contributed by atoms with Crippen molar-refractivity contribution in [1.29, 1.82) is 0 Å². The summed E-state index contributed by atoms with van der Waals surface area (Å²) in [5.74, 6) is 0.595. The van der Waals surface area contributed by atoms with E-state index in [4.69, 9.17) is 4.52 Å². The Hall–Kier alpha value is -2.11. The van der Waals surface area contributed by atoms with E-state index in [0.29, 0.717) is 18.2 Å². The second-order valence-electron chi connectivity index (χ2n) is 5.14. The summed E-state index contributed by atoms with van der Waals surface area (Å²) < 4.78 is 5.14. The molecule has 3 rings (SSSR count). The van der Waals surface area contributed by atoms with E-state index in [1.807, 2.05) is 17.9 Å². The van der Waals surface area contributed by atoms with E-state index in [2.05, 4.69) is 15.4 Å². The highest BCUT2D eigenvalue weighted by molar-refractivity contribution is 5.91. The van der Waals surface area contributed by atoms with Crippen molar-refractivity contribution in [1.82, 2.24) is 20.3 Å². The number of carbonyl (C=O) groups is 1. The highest BCUT2D eigenvalue weighted by atomic mass is 16.5. The van der Waals surface area contributed by atoms with E-state index in [1.54, 1.807) is 12.3 Å². The van der Waals surface area contributed by atoms with Crippen molar-refractivity contribution in [3.63, 3.8) is 0 Å². The van der Waals surface area contributed by atoms with Crippen LogP contribution in [0.1, 0.15) is 47.6 Å². The van der Waals surface area contributed by atoms with Gasteiger partial charge in [0, 0.05) is 37.0 Å². The van der Waals surface area contributed by atoms with Gasteiger partial charge < -0.3 is 9.42 Å². The molecule has 0 spiro atoms. The number of nitrogens with zero attached hydrogens (tertiary/aromatic N) is 3. The van der Waals surface area contributed by atoms with E-state index < -0.39 is 0 Å². The monoisotopic (exact) mass is 274 g/mol.